The van der Waals surface area contributed by atoms with E-state index in [1.807, 2.05) is 12.1 Å². The van der Waals surface area contributed by atoms with Gasteiger partial charge in [-0.1, -0.05) is 36.4 Å². The van der Waals surface area contributed by atoms with Gasteiger partial charge in [-0.05, 0) is 87.0 Å². The molecule has 2 aromatic rings. The van der Waals surface area contributed by atoms with Crippen LogP contribution in [0.3, 0.4) is 0 Å². The lowest BCUT2D eigenvalue weighted by Gasteiger charge is -2.37. The number of carbonyl (C=O) groups excluding carboxylic acids is 1. The first-order valence-electron chi connectivity index (χ1n) is 11.4. The molecule has 0 spiro atoms. The summed E-state index contributed by atoms with van der Waals surface area (Å²) in [7, 11) is 2.16. The van der Waals surface area contributed by atoms with Crippen molar-refractivity contribution < 1.29 is 13.9 Å². The molecule has 166 valence electrons. The van der Waals surface area contributed by atoms with Crippen LogP contribution >= 0.6 is 0 Å². The predicted molar refractivity (Wildman–Crippen MR) is 121 cm³/mol. The van der Waals surface area contributed by atoms with Gasteiger partial charge in [0.25, 0.3) is 0 Å². The highest BCUT2D eigenvalue weighted by Gasteiger charge is 2.40. The number of ether oxygens (including phenoxy) is 1. The Hall–Kier alpha value is -2.24. The minimum Gasteiger partial charge on any atom is -0.381 e. The van der Waals surface area contributed by atoms with Crippen LogP contribution in [-0.2, 0) is 16.0 Å². The molecule has 4 nitrogen and oxygen atoms in total. The average Bonchev–Trinajstić information content (AvgIpc) is 2.80. The fraction of sp³-hybridized carbons (Fsp3) is 0.500. The number of amides is 1. The molecule has 2 aliphatic rings. The summed E-state index contributed by atoms with van der Waals surface area (Å²) in [5, 5.41) is 3.30. The monoisotopic (exact) mass is 424 g/mol. The van der Waals surface area contributed by atoms with Crippen LogP contribution in [0.2, 0.25) is 0 Å². The molecule has 2 fully saturated rings. The molecule has 1 N–H and O–H groups in total. The first-order valence-corrected chi connectivity index (χ1v) is 11.4. The number of halogens is 1. The second-order valence-electron chi connectivity index (χ2n) is 9.23. The van der Waals surface area contributed by atoms with Gasteiger partial charge in [-0.3, -0.25) is 4.79 Å². The number of rotatable bonds is 6. The summed E-state index contributed by atoms with van der Waals surface area (Å²) in [6, 6.07) is 14.9. The molecule has 0 aromatic heterocycles. The number of likely N-dealkylation sites (tertiary alicyclic amines) is 1. The third-order valence-corrected chi connectivity index (χ3v) is 6.97. The van der Waals surface area contributed by atoms with Crippen LogP contribution in [0.5, 0.6) is 0 Å². The minimum atomic E-state index is -0.425. The molecule has 0 unspecified atom stereocenters. The average molecular weight is 425 g/mol. The van der Waals surface area contributed by atoms with Crippen LogP contribution in [0.15, 0.2) is 48.5 Å². The van der Waals surface area contributed by atoms with Crippen molar-refractivity contribution in [3.8, 4) is 11.1 Å². The summed E-state index contributed by atoms with van der Waals surface area (Å²) in [4.78, 5) is 15.8. The quantitative estimate of drug-likeness (QED) is 0.752. The molecule has 31 heavy (non-hydrogen) atoms. The van der Waals surface area contributed by atoms with Gasteiger partial charge in [-0.15, -0.1) is 0 Å². The van der Waals surface area contributed by atoms with Crippen LogP contribution < -0.4 is 5.32 Å². The van der Waals surface area contributed by atoms with E-state index in [-0.39, 0.29) is 11.7 Å². The second kappa shape index (κ2) is 9.92. The first kappa shape index (κ1) is 22.0. The van der Waals surface area contributed by atoms with Gasteiger partial charge in [0.15, 0.2) is 0 Å². The summed E-state index contributed by atoms with van der Waals surface area (Å²) in [5.74, 6) is 0.503. The molecule has 0 aliphatic carbocycles. The van der Waals surface area contributed by atoms with E-state index in [1.165, 1.54) is 12.1 Å². The molecule has 2 saturated heterocycles. The van der Waals surface area contributed by atoms with Crippen LogP contribution in [0.25, 0.3) is 11.1 Å². The number of hydrogen-bond donors (Lipinski definition) is 1. The van der Waals surface area contributed by atoms with Crippen molar-refractivity contribution in [1.29, 1.82) is 0 Å². The lowest BCUT2D eigenvalue weighted by Crippen LogP contribution is -2.48. The lowest BCUT2D eigenvalue weighted by atomic mass is 9.74. The highest BCUT2D eigenvalue weighted by atomic mass is 19.1. The van der Waals surface area contributed by atoms with E-state index in [1.54, 1.807) is 12.1 Å². The Kier molecular flexibility index (Phi) is 7.03. The molecule has 2 heterocycles. The van der Waals surface area contributed by atoms with Crippen LogP contribution in [0.1, 0.15) is 31.2 Å². The number of carbonyl (C=O) groups is 1. The molecular formula is C26H33FN2O2. The Labute approximate surface area is 184 Å². The maximum atomic E-state index is 13.4. The molecule has 0 bridgehead atoms. The van der Waals surface area contributed by atoms with Gasteiger partial charge in [-0.2, -0.15) is 0 Å². The normalized spacial score (nSPS) is 19.8. The van der Waals surface area contributed by atoms with Crippen molar-refractivity contribution in [2.45, 2.75) is 32.1 Å². The summed E-state index contributed by atoms with van der Waals surface area (Å²) >= 11 is 0. The summed E-state index contributed by atoms with van der Waals surface area (Å²) in [6.07, 6.45) is 4.48. The highest BCUT2D eigenvalue weighted by Crippen LogP contribution is 2.36. The summed E-state index contributed by atoms with van der Waals surface area (Å²) in [6.45, 7) is 4.23. The molecule has 5 heteroatoms. The zero-order chi connectivity index (χ0) is 21.7. The third kappa shape index (κ3) is 5.52. The number of hydrogen-bond acceptors (Lipinski definition) is 3. The van der Waals surface area contributed by atoms with Gasteiger partial charge in [0, 0.05) is 19.8 Å². The molecule has 0 radical (unpaired) electrons. The van der Waals surface area contributed by atoms with Gasteiger partial charge in [0.1, 0.15) is 5.82 Å². The zero-order valence-corrected chi connectivity index (χ0v) is 18.4. The number of nitrogens with zero attached hydrogens (tertiary/aromatic N) is 1. The molecular weight excluding hydrogens is 391 g/mol. The number of nitrogens with one attached hydrogen (secondary N) is 1. The van der Waals surface area contributed by atoms with E-state index < -0.39 is 5.41 Å². The lowest BCUT2D eigenvalue weighted by molar-refractivity contribution is -0.137. The van der Waals surface area contributed by atoms with E-state index in [0.29, 0.717) is 25.6 Å². The van der Waals surface area contributed by atoms with Crippen molar-refractivity contribution in [3.05, 3.63) is 59.9 Å². The van der Waals surface area contributed by atoms with E-state index in [9.17, 15) is 9.18 Å². The predicted octanol–water partition coefficient (Wildman–Crippen LogP) is 4.29. The Balaban J connectivity index is 1.47. The van der Waals surface area contributed by atoms with Crippen molar-refractivity contribution in [2.24, 2.45) is 11.3 Å². The third-order valence-electron chi connectivity index (χ3n) is 6.97. The largest absolute Gasteiger partial charge is 0.381 e. The van der Waals surface area contributed by atoms with Crippen molar-refractivity contribution in [1.82, 2.24) is 10.2 Å². The number of piperidine rings is 1. The fourth-order valence-corrected chi connectivity index (χ4v) is 4.83. The van der Waals surface area contributed by atoms with Gasteiger partial charge >= 0.3 is 0 Å². The van der Waals surface area contributed by atoms with Gasteiger partial charge in [0.05, 0.1) is 5.41 Å². The van der Waals surface area contributed by atoms with Gasteiger partial charge in [-0.25, -0.2) is 4.39 Å². The molecule has 2 aliphatic heterocycles. The minimum absolute atomic E-state index is 0.168. The Morgan fingerprint density at radius 1 is 1.10 bits per heavy atom. The van der Waals surface area contributed by atoms with Crippen LogP contribution in [0, 0.1) is 17.2 Å². The molecule has 4 rings (SSSR count). The Bertz CT molecular complexity index is 869. The van der Waals surface area contributed by atoms with E-state index >= 15 is 0 Å². The van der Waals surface area contributed by atoms with Crippen molar-refractivity contribution in [3.63, 3.8) is 0 Å². The second-order valence-corrected chi connectivity index (χ2v) is 9.23. The highest BCUT2D eigenvalue weighted by molar-refractivity contribution is 5.83. The molecule has 0 saturated carbocycles. The molecule has 1 amide bonds. The maximum absolute atomic E-state index is 13.4. The summed E-state index contributed by atoms with van der Waals surface area (Å²) in [5.41, 5.74) is 2.74. The number of benzene rings is 2. The van der Waals surface area contributed by atoms with E-state index in [2.05, 4.69) is 29.4 Å². The van der Waals surface area contributed by atoms with Crippen LogP contribution in [-0.4, -0.2) is 50.7 Å². The Morgan fingerprint density at radius 3 is 2.52 bits per heavy atom. The molecule has 0 atom stereocenters. The topological polar surface area (TPSA) is 41.6 Å². The molecule has 2 aromatic carbocycles. The van der Waals surface area contributed by atoms with Crippen molar-refractivity contribution >= 4 is 5.91 Å². The smallest absolute Gasteiger partial charge is 0.226 e. The standard InChI is InChI=1S/C26H33FN2O2/c1-29-13-9-20(10-14-29)19-28-25(30)26(11-15-31-16-12-26)18-21-3-2-4-23(17-21)22-5-7-24(27)8-6-22/h2-8,17,20H,9-16,18-19H2,1H3,(H,28,30). The van der Waals surface area contributed by atoms with E-state index in [0.717, 1.165) is 62.0 Å². The summed E-state index contributed by atoms with van der Waals surface area (Å²) < 4.78 is 18.9. The van der Waals surface area contributed by atoms with Crippen LogP contribution in [0.4, 0.5) is 4.39 Å². The fourth-order valence-electron chi connectivity index (χ4n) is 4.83. The van der Waals surface area contributed by atoms with Gasteiger partial charge in [0.2, 0.25) is 5.91 Å². The van der Waals surface area contributed by atoms with Crippen molar-refractivity contribution in [2.75, 3.05) is 39.9 Å². The van der Waals surface area contributed by atoms with E-state index in [4.69, 9.17) is 4.74 Å². The van der Waals surface area contributed by atoms with Gasteiger partial charge < -0.3 is 15.0 Å². The first-order chi connectivity index (χ1) is 15.0. The maximum Gasteiger partial charge on any atom is 0.226 e. The zero-order valence-electron chi connectivity index (χ0n) is 18.4. The Morgan fingerprint density at radius 2 is 1.81 bits per heavy atom. The SMILES string of the molecule is CN1CCC(CNC(=O)C2(Cc3cccc(-c4ccc(F)cc4)c3)CCOCC2)CC1.